The number of rotatable bonds is 5. The summed E-state index contributed by atoms with van der Waals surface area (Å²) in [4.78, 5) is 0. The molecule has 2 aromatic rings. The minimum absolute atomic E-state index is 0.0259. The highest BCUT2D eigenvalue weighted by molar-refractivity contribution is 7.91. The zero-order valence-corrected chi connectivity index (χ0v) is 14.8. The third kappa shape index (κ3) is 5.93. The van der Waals surface area contributed by atoms with E-state index in [0.717, 1.165) is 23.5 Å². The number of halogens is 4. The zero-order valence-electron chi connectivity index (χ0n) is 12.4. The molecule has 0 saturated carbocycles. The number of sulfonamides is 1. The predicted molar refractivity (Wildman–Crippen MR) is 89.2 cm³/mol. The van der Waals surface area contributed by atoms with Crippen LogP contribution in [0.4, 0.5) is 13.2 Å². The van der Waals surface area contributed by atoms with Crippen molar-refractivity contribution in [3.63, 3.8) is 0 Å². The molecule has 2 rings (SSSR count). The molecule has 1 N–H and O–H groups in total. The maximum Gasteiger partial charge on any atom is 0.416 e. The summed E-state index contributed by atoms with van der Waals surface area (Å²) in [5.74, 6) is 5.06. The highest BCUT2D eigenvalue weighted by atomic mass is 35.5. The average Bonchev–Trinajstić information content (AvgIpc) is 2.98. The topological polar surface area (TPSA) is 55.4 Å². The van der Waals surface area contributed by atoms with Gasteiger partial charge in [0, 0.05) is 0 Å². The largest absolute Gasteiger partial charge is 0.481 e. The van der Waals surface area contributed by atoms with Crippen LogP contribution in [0.1, 0.15) is 5.56 Å². The van der Waals surface area contributed by atoms with Crippen molar-refractivity contribution in [1.29, 1.82) is 0 Å². The van der Waals surface area contributed by atoms with E-state index in [1.165, 1.54) is 24.3 Å². The van der Waals surface area contributed by atoms with E-state index in [4.69, 9.17) is 16.3 Å². The fourth-order valence-electron chi connectivity index (χ4n) is 1.64. The molecule has 0 spiro atoms. The Kier molecular flexibility index (Phi) is 6.35. The second-order valence-corrected chi connectivity index (χ2v) is 8.26. The molecular weight excluding hydrogens is 399 g/mol. The Morgan fingerprint density at radius 2 is 1.96 bits per heavy atom. The number of ether oxygens (including phenoxy) is 1. The van der Waals surface area contributed by atoms with Gasteiger partial charge in [-0.3, -0.25) is 0 Å². The number of benzene rings is 1. The molecule has 0 aliphatic carbocycles. The summed E-state index contributed by atoms with van der Waals surface area (Å²) in [5.41, 5.74) is -0.819. The Morgan fingerprint density at radius 1 is 1.20 bits per heavy atom. The molecule has 1 aromatic heterocycles. The summed E-state index contributed by atoms with van der Waals surface area (Å²) in [5, 5.41) is 0. The van der Waals surface area contributed by atoms with Gasteiger partial charge < -0.3 is 4.74 Å². The molecule has 0 amide bonds. The summed E-state index contributed by atoms with van der Waals surface area (Å²) in [6.07, 6.45) is -4.45. The number of nitrogens with one attached hydrogen (secondary N) is 1. The molecule has 1 aromatic carbocycles. The minimum atomic E-state index is -4.45. The fraction of sp³-hybridized carbons (Fsp3) is 0.200. The molecule has 0 atom stereocenters. The average molecular weight is 410 g/mol. The van der Waals surface area contributed by atoms with Crippen LogP contribution in [0.5, 0.6) is 5.75 Å². The van der Waals surface area contributed by atoms with E-state index in [-0.39, 0.29) is 23.1 Å². The van der Waals surface area contributed by atoms with Gasteiger partial charge in [-0.05, 0) is 30.3 Å². The highest BCUT2D eigenvalue weighted by Gasteiger charge is 2.30. The molecule has 0 radical (unpaired) electrons. The van der Waals surface area contributed by atoms with Crippen LogP contribution in [0.2, 0.25) is 4.34 Å². The van der Waals surface area contributed by atoms with Gasteiger partial charge in [0.15, 0.2) is 0 Å². The van der Waals surface area contributed by atoms with Gasteiger partial charge in [-0.1, -0.05) is 29.5 Å². The van der Waals surface area contributed by atoms with Crippen molar-refractivity contribution in [3.05, 3.63) is 46.3 Å². The Balaban J connectivity index is 1.84. The van der Waals surface area contributed by atoms with Crippen LogP contribution in [0.15, 0.2) is 40.6 Å². The van der Waals surface area contributed by atoms with Gasteiger partial charge in [0.05, 0.1) is 16.4 Å². The lowest BCUT2D eigenvalue weighted by Crippen LogP contribution is -2.23. The van der Waals surface area contributed by atoms with Crippen molar-refractivity contribution >= 4 is 33.0 Å². The van der Waals surface area contributed by atoms with Crippen LogP contribution in [0.25, 0.3) is 0 Å². The number of hydrogen-bond donors (Lipinski definition) is 1. The first-order chi connectivity index (χ1) is 11.7. The normalized spacial score (nSPS) is 11.7. The quantitative estimate of drug-likeness (QED) is 0.764. The van der Waals surface area contributed by atoms with Gasteiger partial charge in [-0.15, -0.1) is 11.3 Å². The van der Waals surface area contributed by atoms with E-state index >= 15 is 0 Å². The molecule has 1 heterocycles. The second-order valence-electron chi connectivity index (χ2n) is 4.55. The van der Waals surface area contributed by atoms with Crippen molar-refractivity contribution < 1.29 is 26.3 Å². The van der Waals surface area contributed by atoms with Gasteiger partial charge in [-0.25, -0.2) is 8.42 Å². The van der Waals surface area contributed by atoms with Crippen molar-refractivity contribution in [2.75, 3.05) is 13.2 Å². The lowest BCUT2D eigenvalue weighted by molar-refractivity contribution is -0.137. The molecule has 0 aliphatic rings. The molecule has 4 nitrogen and oxygen atoms in total. The lowest BCUT2D eigenvalue weighted by atomic mass is 10.2. The van der Waals surface area contributed by atoms with Crippen LogP contribution in [-0.4, -0.2) is 21.6 Å². The van der Waals surface area contributed by atoms with E-state index in [2.05, 4.69) is 16.6 Å². The van der Waals surface area contributed by atoms with E-state index in [0.29, 0.717) is 4.34 Å². The van der Waals surface area contributed by atoms with Crippen LogP contribution >= 0.6 is 22.9 Å². The first-order valence-corrected chi connectivity index (χ1v) is 9.37. The van der Waals surface area contributed by atoms with Crippen LogP contribution in [-0.2, 0) is 16.2 Å². The second kappa shape index (κ2) is 8.10. The SMILES string of the molecule is O=S(=O)(NCC#CCOc1cccc(C(F)(F)F)c1)c1ccc(Cl)s1. The third-order valence-electron chi connectivity index (χ3n) is 2.76. The Labute approximate surface area is 151 Å². The van der Waals surface area contributed by atoms with Gasteiger partial charge in [-0.2, -0.15) is 17.9 Å². The van der Waals surface area contributed by atoms with E-state index in [1.54, 1.807) is 0 Å². The molecule has 134 valence electrons. The molecule has 0 saturated heterocycles. The lowest BCUT2D eigenvalue weighted by Gasteiger charge is -2.08. The molecule has 0 unspecified atom stereocenters. The first kappa shape index (κ1) is 19.6. The summed E-state index contributed by atoms with van der Waals surface area (Å²) in [6.45, 7) is -0.336. The van der Waals surface area contributed by atoms with E-state index < -0.39 is 21.8 Å². The van der Waals surface area contributed by atoms with Gasteiger partial charge >= 0.3 is 6.18 Å². The standard InChI is InChI=1S/C15H11ClF3NO3S2/c16-13-6-7-14(24-13)25(21,22)20-8-1-2-9-23-12-5-3-4-11(10-12)15(17,18)19/h3-7,10,20H,8-9H2. The number of alkyl halides is 3. The van der Waals surface area contributed by atoms with Crippen LogP contribution < -0.4 is 9.46 Å². The molecule has 0 fully saturated rings. The van der Waals surface area contributed by atoms with Crippen molar-refractivity contribution in [2.45, 2.75) is 10.4 Å². The molecule has 10 heteroatoms. The van der Waals surface area contributed by atoms with Crippen molar-refractivity contribution in [3.8, 4) is 17.6 Å². The molecule has 25 heavy (non-hydrogen) atoms. The van der Waals surface area contributed by atoms with Gasteiger partial charge in [0.2, 0.25) is 0 Å². The van der Waals surface area contributed by atoms with Gasteiger partial charge in [0.1, 0.15) is 16.6 Å². The summed E-state index contributed by atoms with van der Waals surface area (Å²) in [6, 6.07) is 7.25. The molecular formula is C15H11ClF3NO3S2. The van der Waals surface area contributed by atoms with E-state index in [9.17, 15) is 21.6 Å². The smallest absolute Gasteiger partial charge is 0.416 e. The van der Waals surface area contributed by atoms with Crippen LogP contribution in [0.3, 0.4) is 0 Å². The van der Waals surface area contributed by atoms with Crippen LogP contribution in [0, 0.1) is 11.8 Å². The maximum atomic E-state index is 12.6. The summed E-state index contributed by atoms with van der Waals surface area (Å²) >= 11 is 6.59. The fourth-order valence-corrected chi connectivity index (χ4v) is 4.09. The number of hydrogen-bond acceptors (Lipinski definition) is 4. The summed E-state index contributed by atoms with van der Waals surface area (Å²) in [7, 11) is -3.69. The first-order valence-electron chi connectivity index (χ1n) is 6.69. The minimum Gasteiger partial charge on any atom is -0.481 e. The summed E-state index contributed by atoms with van der Waals surface area (Å²) < 4.78 is 69.2. The molecule has 0 aliphatic heterocycles. The number of thiophene rings is 1. The highest BCUT2D eigenvalue weighted by Crippen LogP contribution is 2.31. The Hall–Kier alpha value is -1.73. The van der Waals surface area contributed by atoms with Gasteiger partial charge in [0.25, 0.3) is 10.0 Å². The van der Waals surface area contributed by atoms with Crippen molar-refractivity contribution in [2.24, 2.45) is 0 Å². The Morgan fingerprint density at radius 3 is 2.60 bits per heavy atom. The monoisotopic (exact) mass is 409 g/mol. The van der Waals surface area contributed by atoms with Crippen molar-refractivity contribution in [1.82, 2.24) is 4.72 Å². The maximum absolute atomic E-state index is 12.6. The third-order valence-corrected chi connectivity index (χ3v) is 5.89. The Bertz CT molecular complexity index is 898. The zero-order chi connectivity index (χ0) is 18.5. The molecule has 0 bridgehead atoms. The van der Waals surface area contributed by atoms with E-state index in [1.807, 2.05) is 0 Å². The predicted octanol–water partition coefficient (Wildman–Crippen LogP) is 3.78.